The smallest absolute Gasteiger partial charge is 0.407 e. The standard InChI is InChI=1S/C9H19NO3/c1-7(11)5-6-10(8(12)13)9(2,3)4/h7,11H,5-6H2,1-4H3,(H,12,13)/t7-/m1/s1. The molecular weight excluding hydrogens is 170 g/mol. The van der Waals surface area contributed by atoms with Crippen molar-refractivity contribution < 1.29 is 15.0 Å². The van der Waals surface area contributed by atoms with E-state index in [1.165, 1.54) is 4.90 Å². The molecule has 0 saturated carbocycles. The summed E-state index contributed by atoms with van der Waals surface area (Å²) in [6, 6.07) is 0. The van der Waals surface area contributed by atoms with Crippen LogP contribution in [0.1, 0.15) is 34.1 Å². The highest BCUT2D eigenvalue weighted by Crippen LogP contribution is 2.14. The molecule has 2 N–H and O–H groups in total. The fraction of sp³-hybridized carbons (Fsp3) is 0.889. The third-order valence-corrected chi connectivity index (χ3v) is 1.81. The zero-order valence-corrected chi connectivity index (χ0v) is 8.74. The Morgan fingerprint density at radius 3 is 2.15 bits per heavy atom. The third-order valence-electron chi connectivity index (χ3n) is 1.81. The van der Waals surface area contributed by atoms with Gasteiger partial charge in [-0.2, -0.15) is 0 Å². The van der Waals surface area contributed by atoms with Crippen molar-refractivity contribution in [3.05, 3.63) is 0 Å². The lowest BCUT2D eigenvalue weighted by molar-refractivity contribution is 0.0857. The summed E-state index contributed by atoms with van der Waals surface area (Å²) in [4.78, 5) is 12.1. The van der Waals surface area contributed by atoms with E-state index in [2.05, 4.69) is 0 Å². The van der Waals surface area contributed by atoms with Gasteiger partial charge in [0.1, 0.15) is 0 Å². The lowest BCUT2D eigenvalue weighted by Gasteiger charge is -2.33. The summed E-state index contributed by atoms with van der Waals surface area (Å²) in [7, 11) is 0. The number of hydrogen-bond donors (Lipinski definition) is 2. The van der Waals surface area contributed by atoms with Crippen LogP contribution in [0.4, 0.5) is 4.79 Å². The van der Waals surface area contributed by atoms with E-state index >= 15 is 0 Å². The van der Waals surface area contributed by atoms with E-state index in [-0.39, 0.29) is 0 Å². The van der Waals surface area contributed by atoms with Crippen LogP contribution < -0.4 is 0 Å². The average molecular weight is 189 g/mol. The maximum absolute atomic E-state index is 10.8. The number of aliphatic hydroxyl groups excluding tert-OH is 1. The van der Waals surface area contributed by atoms with Gasteiger partial charge >= 0.3 is 6.09 Å². The summed E-state index contributed by atoms with van der Waals surface area (Å²) in [5, 5.41) is 17.9. The fourth-order valence-corrected chi connectivity index (χ4v) is 1.03. The van der Waals surface area contributed by atoms with E-state index in [0.717, 1.165) is 0 Å². The monoisotopic (exact) mass is 189 g/mol. The largest absolute Gasteiger partial charge is 0.465 e. The molecule has 0 radical (unpaired) electrons. The van der Waals surface area contributed by atoms with Crippen LogP contribution in [0.2, 0.25) is 0 Å². The molecule has 0 aromatic rings. The van der Waals surface area contributed by atoms with Crippen LogP contribution in [0.15, 0.2) is 0 Å². The topological polar surface area (TPSA) is 60.8 Å². The molecule has 0 aliphatic heterocycles. The Balaban J connectivity index is 4.20. The Morgan fingerprint density at radius 1 is 1.46 bits per heavy atom. The molecule has 0 saturated heterocycles. The lowest BCUT2D eigenvalue weighted by Crippen LogP contribution is -2.46. The van der Waals surface area contributed by atoms with Crippen molar-refractivity contribution >= 4 is 6.09 Å². The highest BCUT2D eigenvalue weighted by molar-refractivity contribution is 5.65. The predicted octanol–water partition coefficient (Wildman–Crippen LogP) is 1.54. The van der Waals surface area contributed by atoms with E-state index in [0.29, 0.717) is 13.0 Å². The molecule has 78 valence electrons. The molecule has 1 atom stereocenters. The van der Waals surface area contributed by atoms with Crippen molar-refractivity contribution in [2.75, 3.05) is 6.54 Å². The van der Waals surface area contributed by atoms with Gasteiger partial charge in [-0.1, -0.05) is 0 Å². The summed E-state index contributed by atoms with van der Waals surface area (Å²) in [5.74, 6) is 0. The summed E-state index contributed by atoms with van der Waals surface area (Å²) in [5.41, 5.74) is -0.402. The first-order valence-corrected chi connectivity index (χ1v) is 4.43. The highest BCUT2D eigenvalue weighted by Gasteiger charge is 2.25. The van der Waals surface area contributed by atoms with Crippen LogP contribution in [0, 0.1) is 0 Å². The number of amides is 1. The Kier molecular flexibility index (Phi) is 4.20. The summed E-state index contributed by atoms with van der Waals surface area (Å²) >= 11 is 0. The van der Waals surface area contributed by atoms with Gasteiger partial charge in [-0.15, -0.1) is 0 Å². The van der Waals surface area contributed by atoms with E-state index in [4.69, 9.17) is 10.2 Å². The summed E-state index contributed by atoms with van der Waals surface area (Å²) in [6.45, 7) is 7.54. The molecule has 0 bridgehead atoms. The van der Waals surface area contributed by atoms with Crippen molar-refractivity contribution in [3.63, 3.8) is 0 Å². The van der Waals surface area contributed by atoms with Crippen LogP contribution >= 0.6 is 0 Å². The Hall–Kier alpha value is -0.770. The van der Waals surface area contributed by atoms with Crippen LogP contribution in [0.5, 0.6) is 0 Å². The van der Waals surface area contributed by atoms with Crippen LogP contribution in [0.25, 0.3) is 0 Å². The maximum atomic E-state index is 10.8. The number of aliphatic hydroxyl groups is 1. The van der Waals surface area contributed by atoms with Gasteiger partial charge in [-0.05, 0) is 34.1 Å². The molecule has 1 amide bonds. The van der Waals surface area contributed by atoms with Gasteiger partial charge in [-0.25, -0.2) is 4.79 Å². The molecule has 0 rings (SSSR count). The molecule has 0 aliphatic carbocycles. The van der Waals surface area contributed by atoms with Crippen molar-refractivity contribution in [1.29, 1.82) is 0 Å². The Bertz CT molecular complexity index is 172. The highest BCUT2D eigenvalue weighted by atomic mass is 16.4. The van der Waals surface area contributed by atoms with Crippen molar-refractivity contribution in [2.24, 2.45) is 0 Å². The number of carboxylic acid groups (broad SMARTS) is 1. The van der Waals surface area contributed by atoms with Crippen LogP contribution in [0.3, 0.4) is 0 Å². The van der Waals surface area contributed by atoms with Crippen molar-refractivity contribution in [3.8, 4) is 0 Å². The summed E-state index contributed by atoms with van der Waals surface area (Å²) < 4.78 is 0. The average Bonchev–Trinajstić information content (AvgIpc) is 1.81. The second-order valence-corrected chi connectivity index (χ2v) is 4.24. The van der Waals surface area contributed by atoms with Gasteiger partial charge < -0.3 is 15.1 Å². The van der Waals surface area contributed by atoms with Crippen molar-refractivity contribution in [2.45, 2.75) is 45.8 Å². The Morgan fingerprint density at radius 2 is 1.92 bits per heavy atom. The predicted molar refractivity (Wildman–Crippen MR) is 50.8 cm³/mol. The van der Waals surface area contributed by atoms with E-state index in [1.54, 1.807) is 6.92 Å². The minimum Gasteiger partial charge on any atom is -0.465 e. The summed E-state index contributed by atoms with van der Waals surface area (Å²) in [6.07, 6.45) is -0.916. The Labute approximate surface area is 79.2 Å². The fourth-order valence-electron chi connectivity index (χ4n) is 1.03. The lowest BCUT2D eigenvalue weighted by atomic mass is 10.1. The number of rotatable bonds is 3. The first-order chi connectivity index (χ1) is 5.75. The second-order valence-electron chi connectivity index (χ2n) is 4.24. The zero-order valence-electron chi connectivity index (χ0n) is 8.74. The number of nitrogens with zero attached hydrogens (tertiary/aromatic N) is 1. The van der Waals surface area contributed by atoms with Gasteiger partial charge in [0.2, 0.25) is 0 Å². The quantitative estimate of drug-likeness (QED) is 0.707. The zero-order chi connectivity index (χ0) is 10.6. The molecule has 0 fully saturated rings. The van der Waals surface area contributed by atoms with Crippen LogP contribution in [-0.2, 0) is 0 Å². The minimum absolute atomic E-state index is 0.372. The maximum Gasteiger partial charge on any atom is 0.407 e. The minimum atomic E-state index is -0.937. The first-order valence-electron chi connectivity index (χ1n) is 4.43. The first kappa shape index (κ1) is 12.2. The SMILES string of the molecule is C[C@@H](O)CCN(C(=O)O)C(C)(C)C. The number of hydrogen-bond acceptors (Lipinski definition) is 2. The molecule has 4 heteroatoms. The van der Waals surface area contributed by atoms with Gasteiger partial charge in [0.05, 0.1) is 6.10 Å². The molecule has 0 aliphatic rings. The molecule has 4 nitrogen and oxygen atoms in total. The van der Waals surface area contributed by atoms with Crippen molar-refractivity contribution in [1.82, 2.24) is 4.90 Å². The van der Waals surface area contributed by atoms with E-state index in [1.807, 2.05) is 20.8 Å². The molecule has 0 aromatic carbocycles. The normalized spacial score (nSPS) is 13.9. The third kappa shape index (κ3) is 4.72. The van der Waals surface area contributed by atoms with Gasteiger partial charge in [-0.3, -0.25) is 0 Å². The molecule has 0 aromatic heterocycles. The van der Waals surface area contributed by atoms with E-state index < -0.39 is 17.7 Å². The van der Waals surface area contributed by atoms with Gasteiger partial charge in [0, 0.05) is 12.1 Å². The van der Waals surface area contributed by atoms with Crippen LogP contribution in [-0.4, -0.2) is 39.4 Å². The van der Waals surface area contributed by atoms with E-state index in [9.17, 15) is 4.79 Å². The molecule has 0 unspecified atom stereocenters. The van der Waals surface area contributed by atoms with Gasteiger partial charge in [0.25, 0.3) is 0 Å². The molecule has 0 heterocycles. The molecule has 0 spiro atoms. The molecule has 13 heavy (non-hydrogen) atoms. The second kappa shape index (κ2) is 4.46. The van der Waals surface area contributed by atoms with Gasteiger partial charge in [0.15, 0.2) is 0 Å². The number of carbonyl (C=O) groups is 1. The molecular formula is C9H19NO3.